The van der Waals surface area contributed by atoms with Crippen LogP contribution in [0.4, 0.5) is 5.69 Å². The molecule has 0 bridgehead atoms. The molecule has 0 aliphatic carbocycles. The minimum absolute atomic E-state index is 0.0366. The van der Waals surface area contributed by atoms with E-state index >= 15 is 0 Å². The van der Waals surface area contributed by atoms with Crippen molar-refractivity contribution in [3.05, 3.63) is 59.7 Å². The molecule has 2 amide bonds. The lowest BCUT2D eigenvalue weighted by atomic mass is 10.1. The highest BCUT2D eigenvalue weighted by molar-refractivity contribution is 7.92. The molecular formula is C22H27N3O6S2. The Bertz CT molecular complexity index is 1260. The van der Waals surface area contributed by atoms with Crippen molar-refractivity contribution in [3.63, 3.8) is 0 Å². The number of nitrogens with one attached hydrogen (secondary N) is 3. The molecule has 178 valence electrons. The van der Waals surface area contributed by atoms with E-state index in [1.807, 2.05) is 13.8 Å². The topological polar surface area (TPSA) is 139 Å². The molecule has 0 saturated carbocycles. The lowest BCUT2D eigenvalue weighted by Gasteiger charge is -2.15. The van der Waals surface area contributed by atoms with E-state index in [0.29, 0.717) is 11.3 Å². The van der Waals surface area contributed by atoms with Crippen molar-refractivity contribution in [3.8, 4) is 0 Å². The first kappa shape index (κ1) is 24.9. The molecule has 2 atom stereocenters. The molecule has 0 spiro atoms. The molecule has 1 saturated heterocycles. The van der Waals surface area contributed by atoms with Crippen LogP contribution >= 0.6 is 0 Å². The molecule has 1 fully saturated rings. The van der Waals surface area contributed by atoms with Crippen LogP contribution in [0, 0.1) is 0 Å². The lowest BCUT2D eigenvalue weighted by molar-refractivity contribution is 0.0940. The van der Waals surface area contributed by atoms with E-state index in [1.54, 1.807) is 24.3 Å². The van der Waals surface area contributed by atoms with Gasteiger partial charge in [-0.3, -0.25) is 9.59 Å². The van der Waals surface area contributed by atoms with Crippen LogP contribution in [0.25, 0.3) is 0 Å². The summed E-state index contributed by atoms with van der Waals surface area (Å²) in [5.74, 6) is -1.22. The Kier molecular flexibility index (Phi) is 7.55. The molecule has 2 aromatic rings. The molecule has 11 heteroatoms. The molecule has 0 aromatic heterocycles. The Morgan fingerprint density at radius 3 is 2.48 bits per heavy atom. The van der Waals surface area contributed by atoms with Crippen molar-refractivity contribution in [2.45, 2.75) is 43.7 Å². The molecule has 1 aliphatic rings. The maximum absolute atomic E-state index is 12.8. The molecule has 9 nitrogen and oxygen atoms in total. The molecule has 1 heterocycles. The summed E-state index contributed by atoms with van der Waals surface area (Å²) in [4.78, 5) is 25.2. The van der Waals surface area contributed by atoms with Gasteiger partial charge < -0.3 is 10.6 Å². The molecule has 1 aliphatic heterocycles. The van der Waals surface area contributed by atoms with E-state index in [1.165, 1.54) is 24.3 Å². The summed E-state index contributed by atoms with van der Waals surface area (Å²) in [5.41, 5.74) is 0.666. The van der Waals surface area contributed by atoms with Crippen molar-refractivity contribution < 1.29 is 26.4 Å². The molecular weight excluding hydrogens is 466 g/mol. The molecule has 3 N–H and O–H groups in total. The van der Waals surface area contributed by atoms with Crippen LogP contribution in [0.2, 0.25) is 0 Å². The Morgan fingerprint density at radius 2 is 1.82 bits per heavy atom. The quantitative estimate of drug-likeness (QED) is 0.514. The van der Waals surface area contributed by atoms with E-state index in [9.17, 15) is 26.4 Å². The number of benzene rings is 2. The Balaban J connectivity index is 1.78. The third kappa shape index (κ3) is 6.40. The highest BCUT2D eigenvalue weighted by Gasteiger charge is 2.31. The first-order valence-electron chi connectivity index (χ1n) is 10.5. The average Bonchev–Trinajstić information content (AvgIpc) is 3.11. The predicted molar refractivity (Wildman–Crippen MR) is 125 cm³/mol. The third-order valence-electron chi connectivity index (χ3n) is 5.37. The van der Waals surface area contributed by atoms with Crippen LogP contribution in [-0.4, -0.2) is 52.2 Å². The van der Waals surface area contributed by atoms with Gasteiger partial charge in [0.2, 0.25) is 10.0 Å². The van der Waals surface area contributed by atoms with Crippen molar-refractivity contribution in [2.24, 2.45) is 0 Å². The second kappa shape index (κ2) is 10.0. The third-order valence-corrected chi connectivity index (χ3v) is 8.66. The van der Waals surface area contributed by atoms with Crippen LogP contribution in [0.5, 0.6) is 0 Å². The van der Waals surface area contributed by atoms with E-state index in [0.717, 1.165) is 6.42 Å². The van der Waals surface area contributed by atoms with Gasteiger partial charge in [-0.05, 0) is 50.1 Å². The summed E-state index contributed by atoms with van der Waals surface area (Å²) in [6.07, 6.45) is 0.958. The maximum atomic E-state index is 12.8. The largest absolute Gasteiger partial charge is 0.350 e. The van der Waals surface area contributed by atoms with E-state index < -0.39 is 31.8 Å². The van der Waals surface area contributed by atoms with Crippen LogP contribution in [0.15, 0.2) is 53.4 Å². The van der Waals surface area contributed by atoms with Crippen molar-refractivity contribution in [2.75, 3.05) is 16.8 Å². The fourth-order valence-corrected chi connectivity index (χ4v) is 6.46. The number of sulfonamides is 1. The van der Waals surface area contributed by atoms with Gasteiger partial charge >= 0.3 is 0 Å². The zero-order valence-electron chi connectivity index (χ0n) is 18.4. The van der Waals surface area contributed by atoms with Crippen molar-refractivity contribution in [1.82, 2.24) is 10.0 Å². The summed E-state index contributed by atoms with van der Waals surface area (Å²) in [6.45, 7) is 3.82. The average molecular weight is 494 g/mol. The first-order valence-corrected chi connectivity index (χ1v) is 13.9. The number of carbonyl (C=O) groups is 2. The predicted octanol–water partition coefficient (Wildman–Crippen LogP) is 1.93. The van der Waals surface area contributed by atoms with Gasteiger partial charge in [0, 0.05) is 17.6 Å². The highest BCUT2D eigenvalue weighted by atomic mass is 32.2. The van der Waals surface area contributed by atoms with Crippen LogP contribution in [0.1, 0.15) is 47.4 Å². The van der Waals surface area contributed by atoms with Crippen molar-refractivity contribution in [1.29, 1.82) is 0 Å². The van der Waals surface area contributed by atoms with E-state index in [-0.39, 0.29) is 40.3 Å². The van der Waals surface area contributed by atoms with Gasteiger partial charge in [0.15, 0.2) is 9.84 Å². The normalized spacial score (nSPS) is 18.4. The van der Waals surface area contributed by atoms with Gasteiger partial charge in [-0.15, -0.1) is 0 Å². The second-order valence-electron chi connectivity index (χ2n) is 8.03. The molecule has 3 rings (SSSR count). The number of rotatable bonds is 8. The van der Waals surface area contributed by atoms with Gasteiger partial charge in [0.05, 0.1) is 27.7 Å². The fourth-order valence-electron chi connectivity index (χ4n) is 3.37. The van der Waals surface area contributed by atoms with Crippen LogP contribution < -0.4 is 15.4 Å². The van der Waals surface area contributed by atoms with E-state index in [2.05, 4.69) is 15.4 Å². The number of amides is 2. The number of sulfone groups is 1. The maximum Gasteiger partial charge on any atom is 0.255 e. The molecule has 0 radical (unpaired) electrons. The number of para-hydroxylation sites is 1. The zero-order chi connectivity index (χ0) is 24.2. The standard InChI is InChI=1S/C22H27N3O6S2/c1-3-15(2)23-22(27)19-9-4-5-10-20(19)24-21(26)16-7-6-8-18(13-16)33(30,31)25-17-11-12-32(28,29)14-17/h4-10,13,15,17,25H,3,11-12,14H2,1-2H3,(H,23,27)(H,24,26)/t15-,17-/m0/s1. The lowest BCUT2D eigenvalue weighted by Crippen LogP contribution is -2.35. The summed E-state index contributed by atoms with van der Waals surface area (Å²) >= 11 is 0. The summed E-state index contributed by atoms with van der Waals surface area (Å²) in [5, 5.41) is 5.51. The Morgan fingerprint density at radius 1 is 1.09 bits per heavy atom. The zero-order valence-corrected chi connectivity index (χ0v) is 20.0. The first-order chi connectivity index (χ1) is 15.5. The minimum Gasteiger partial charge on any atom is -0.350 e. The number of carbonyl (C=O) groups excluding carboxylic acids is 2. The van der Waals surface area contributed by atoms with Crippen LogP contribution in [0.3, 0.4) is 0 Å². The summed E-state index contributed by atoms with van der Waals surface area (Å²) < 4.78 is 51.1. The highest BCUT2D eigenvalue weighted by Crippen LogP contribution is 2.20. The summed E-state index contributed by atoms with van der Waals surface area (Å²) in [7, 11) is -7.27. The van der Waals surface area contributed by atoms with Gasteiger partial charge in [0.1, 0.15) is 0 Å². The Labute approximate surface area is 193 Å². The van der Waals surface area contributed by atoms with Gasteiger partial charge in [-0.25, -0.2) is 21.6 Å². The van der Waals surface area contributed by atoms with Gasteiger partial charge in [0.25, 0.3) is 11.8 Å². The van der Waals surface area contributed by atoms with E-state index in [4.69, 9.17) is 0 Å². The SMILES string of the molecule is CC[C@H](C)NC(=O)c1ccccc1NC(=O)c1cccc(S(=O)(=O)N[C@H]2CCS(=O)(=O)C2)c1. The fraction of sp³-hybridized carbons (Fsp3) is 0.364. The summed E-state index contributed by atoms with van der Waals surface area (Å²) in [6, 6.07) is 11.2. The number of hydrogen-bond acceptors (Lipinski definition) is 6. The monoisotopic (exact) mass is 493 g/mol. The Hall–Kier alpha value is -2.76. The smallest absolute Gasteiger partial charge is 0.255 e. The number of hydrogen-bond donors (Lipinski definition) is 3. The van der Waals surface area contributed by atoms with Crippen LogP contribution in [-0.2, 0) is 19.9 Å². The van der Waals surface area contributed by atoms with Gasteiger partial charge in [-0.1, -0.05) is 25.1 Å². The number of anilines is 1. The second-order valence-corrected chi connectivity index (χ2v) is 12.0. The minimum atomic E-state index is -4.02. The molecule has 0 unspecified atom stereocenters. The van der Waals surface area contributed by atoms with Crippen molar-refractivity contribution >= 4 is 37.4 Å². The molecule has 33 heavy (non-hydrogen) atoms. The van der Waals surface area contributed by atoms with Gasteiger partial charge in [-0.2, -0.15) is 0 Å². The molecule has 2 aromatic carbocycles.